The van der Waals surface area contributed by atoms with Gasteiger partial charge in [-0.15, -0.1) is 6.58 Å². The topological polar surface area (TPSA) is 54.5 Å². The summed E-state index contributed by atoms with van der Waals surface area (Å²) in [6.07, 6.45) is 3.83. The van der Waals surface area contributed by atoms with Crippen LogP contribution in [0.1, 0.15) is 32.6 Å². The minimum Gasteiger partial charge on any atom is -0.299 e. The second kappa shape index (κ2) is 5.58. The van der Waals surface area contributed by atoms with Crippen LogP contribution in [0.25, 0.3) is 0 Å². The molecule has 0 aromatic carbocycles. The number of nitrogens with zero attached hydrogens (tertiary/aromatic N) is 1. The number of hydrogen-bond donors (Lipinski definition) is 0. The largest absolute Gasteiger partial charge is 0.299 e. The smallest absolute Gasteiger partial charge is 0.236 e. The Morgan fingerprint density at radius 2 is 2.25 bits per heavy atom. The van der Waals surface area contributed by atoms with E-state index in [1.165, 1.54) is 11.8 Å². The third kappa shape index (κ3) is 3.02. The van der Waals surface area contributed by atoms with Crippen LogP contribution in [-0.4, -0.2) is 29.0 Å². The van der Waals surface area contributed by atoms with Crippen molar-refractivity contribution >= 4 is 17.6 Å². The number of hydrogen-bond acceptors (Lipinski definition) is 3. The first-order chi connectivity index (χ1) is 7.56. The Labute approximate surface area is 95.3 Å². The molecule has 16 heavy (non-hydrogen) atoms. The van der Waals surface area contributed by atoms with Crippen molar-refractivity contribution in [2.24, 2.45) is 5.92 Å². The number of carbonyl (C=O) groups excluding carboxylic acids is 3. The van der Waals surface area contributed by atoms with Gasteiger partial charge in [0, 0.05) is 12.5 Å². The predicted octanol–water partition coefficient (Wildman–Crippen LogP) is 1.31. The maximum Gasteiger partial charge on any atom is 0.236 e. The zero-order chi connectivity index (χ0) is 12.1. The van der Waals surface area contributed by atoms with E-state index < -0.39 is 0 Å². The summed E-state index contributed by atoms with van der Waals surface area (Å²) in [5, 5.41) is 0. The van der Waals surface area contributed by atoms with Crippen LogP contribution >= 0.6 is 0 Å². The van der Waals surface area contributed by atoms with E-state index in [2.05, 4.69) is 6.58 Å². The Morgan fingerprint density at radius 1 is 1.56 bits per heavy atom. The van der Waals surface area contributed by atoms with Crippen molar-refractivity contribution in [3.8, 4) is 0 Å². The Bertz CT molecular complexity index is 322. The molecule has 0 spiro atoms. The van der Waals surface area contributed by atoms with E-state index in [1.807, 2.05) is 0 Å². The van der Waals surface area contributed by atoms with Gasteiger partial charge < -0.3 is 0 Å². The molecular formula is C12H17NO3. The van der Waals surface area contributed by atoms with Gasteiger partial charge in [-0.3, -0.25) is 19.3 Å². The van der Waals surface area contributed by atoms with E-state index in [1.54, 1.807) is 6.08 Å². The Balaban J connectivity index is 2.53. The van der Waals surface area contributed by atoms with Gasteiger partial charge in [-0.2, -0.15) is 0 Å². The molecule has 1 aliphatic rings. The zero-order valence-corrected chi connectivity index (χ0v) is 9.57. The SMILES string of the molecule is C=CCCC1CCN(C(=O)CC(C)=O)C1=O. The quantitative estimate of drug-likeness (QED) is 0.521. The number of Topliss-reactive ketones (excluding diaryl/α,β-unsaturated/α-hetero) is 1. The highest BCUT2D eigenvalue weighted by molar-refractivity contribution is 6.05. The van der Waals surface area contributed by atoms with Crippen LogP contribution in [0.4, 0.5) is 0 Å². The molecule has 0 bridgehead atoms. The Kier molecular flexibility index (Phi) is 4.40. The molecule has 1 heterocycles. The molecule has 4 nitrogen and oxygen atoms in total. The maximum atomic E-state index is 11.8. The molecule has 0 saturated carbocycles. The van der Waals surface area contributed by atoms with Gasteiger partial charge in [0.05, 0.1) is 6.42 Å². The van der Waals surface area contributed by atoms with Crippen LogP contribution in [0.15, 0.2) is 12.7 Å². The van der Waals surface area contributed by atoms with Crippen molar-refractivity contribution < 1.29 is 14.4 Å². The van der Waals surface area contributed by atoms with Crippen molar-refractivity contribution in [2.45, 2.75) is 32.6 Å². The molecule has 88 valence electrons. The van der Waals surface area contributed by atoms with E-state index >= 15 is 0 Å². The summed E-state index contributed by atoms with van der Waals surface area (Å²) < 4.78 is 0. The highest BCUT2D eigenvalue weighted by Gasteiger charge is 2.34. The monoisotopic (exact) mass is 223 g/mol. The second-order valence-electron chi connectivity index (χ2n) is 4.11. The maximum absolute atomic E-state index is 11.8. The Hall–Kier alpha value is -1.45. The molecule has 0 aliphatic carbocycles. The number of imide groups is 1. The summed E-state index contributed by atoms with van der Waals surface area (Å²) in [5.74, 6) is -0.770. The number of carbonyl (C=O) groups is 3. The average Bonchev–Trinajstić information content (AvgIpc) is 2.56. The van der Waals surface area contributed by atoms with Gasteiger partial charge in [0.15, 0.2) is 0 Å². The Morgan fingerprint density at radius 3 is 2.81 bits per heavy atom. The number of rotatable bonds is 5. The first kappa shape index (κ1) is 12.6. The fraction of sp³-hybridized carbons (Fsp3) is 0.583. The van der Waals surface area contributed by atoms with Crippen molar-refractivity contribution in [3.63, 3.8) is 0 Å². The van der Waals surface area contributed by atoms with Gasteiger partial charge in [0.1, 0.15) is 5.78 Å². The number of allylic oxidation sites excluding steroid dienone is 1. The molecule has 0 radical (unpaired) electrons. The van der Waals surface area contributed by atoms with E-state index in [0.29, 0.717) is 13.0 Å². The van der Waals surface area contributed by atoms with Crippen LogP contribution in [0.3, 0.4) is 0 Å². The van der Waals surface area contributed by atoms with Crippen LogP contribution in [-0.2, 0) is 14.4 Å². The van der Waals surface area contributed by atoms with Crippen molar-refractivity contribution in [3.05, 3.63) is 12.7 Å². The molecule has 1 unspecified atom stereocenters. The third-order valence-electron chi connectivity index (χ3n) is 2.74. The van der Waals surface area contributed by atoms with Gasteiger partial charge in [-0.05, 0) is 26.2 Å². The fourth-order valence-electron chi connectivity index (χ4n) is 1.88. The minimum atomic E-state index is -0.362. The number of amides is 2. The summed E-state index contributed by atoms with van der Waals surface area (Å²) in [5.41, 5.74) is 0. The lowest BCUT2D eigenvalue weighted by atomic mass is 10.0. The fourth-order valence-corrected chi connectivity index (χ4v) is 1.88. The van der Waals surface area contributed by atoms with Crippen molar-refractivity contribution in [1.82, 2.24) is 4.90 Å². The molecule has 1 rings (SSSR count). The molecule has 0 N–H and O–H groups in total. The van der Waals surface area contributed by atoms with Crippen LogP contribution in [0.2, 0.25) is 0 Å². The van der Waals surface area contributed by atoms with Crippen LogP contribution < -0.4 is 0 Å². The normalized spacial score (nSPS) is 19.9. The van der Waals surface area contributed by atoms with Crippen molar-refractivity contribution in [2.75, 3.05) is 6.54 Å². The molecule has 0 aromatic rings. The summed E-state index contributed by atoms with van der Waals surface area (Å²) in [4.78, 5) is 35.4. The molecule has 1 fully saturated rings. The first-order valence-corrected chi connectivity index (χ1v) is 5.50. The number of likely N-dealkylation sites (tertiary alicyclic amines) is 1. The average molecular weight is 223 g/mol. The number of ketones is 1. The van der Waals surface area contributed by atoms with Crippen LogP contribution in [0.5, 0.6) is 0 Å². The van der Waals surface area contributed by atoms with E-state index in [0.717, 1.165) is 12.8 Å². The molecule has 1 saturated heterocycles. The summed E-state index contributed by atoms with van der Waals surface area (Å²) in [7, 11) is 0. The molecule has 2 amide bonds. The van der Waals surface area contributed by atoms with Gasteiger partial charge in [-0.1, -0.05) is 6.08 Å². The summed E-state index contributed by atoms with van der Waals surface area (Å²) in [6, 6.07) is 0. The van der Waals surface area contributed by atoms with E-state index in [4.69, 9.17) is 0 Å². The zero-order valence-electron chi connectivity index (χ0n) is 9.57. The molecule has 0 aromatic heterocycles. The lowest BCUT2D eigenvalue weighted by molar-refractivity contribution is -0.144. The summed E-state index contributed by atoms with van der Waals surface area (Å²) in [6.45, 7) is 5.41. The van der Waals surface area contributed by atoms with E-state index in [-0.39, 0.29) is 29.9 Å². The molecule has 1 aliphatic heterocycles. The van der Waals surface area contributed by atoms with Gasteiger partial charge in [0.25, 0.3) is 0 Å². The predicted molar refractivity (Wildman–Crippen MR) is 59.6 cm³/mol. The molecule has 4 heteroatoms. The highest BCUT2D eigenvalue weighted by Crippen LogP contribution is 2.23. The lowest BCUT2D eigenvalue weighted by Gasteiger charge is -2.13. The molecule has 1 atom stereocenters. The second-order valence-corrected chi connectivity index (χ2v) is 4.11. The third-order valence-corrected chi connectivity index (χ3v) is 2.74. The summed E-state index contributed by atoms with van der Waals surface area (Å²) >= 11 is 0. The standard InChI is InChI=1S/C12H17NO3/c1-3-4-5-10-6-7-13(12(10)16)11(15)8-9(2)14/h3,10H,1,4-8H2,2H3. The minimum absolute atomic E-state index is 0.0751. The molecular weight excluding hydrogens is 206 g/mol. The van der Waals surface area contributed by atoms with Crippen LogP contribution in [0, 0.1) is 5.92 Å². The highest BCUT2D eigenvalue weighted by atomic mass is 16.2. The van der Waals surface area contributed by atoms with Gasteiger partial charge in [-0.25, -0.2) is 0 Å². The van der Waals surface area contributed by atoms with Gasteiger partial charge in [0.2, 0.25) is 11.8 Å². The lowest BCUT2D eigenvalue weighted by Crippen LogP contribution is -2.34. The van der Waals surface area contributed by atoms with Gasteiger partial charge >= 0.3 is 0 Å². The first-order valence-electron chi connectivity index (χ1n) is 5.50. The van der Waals surface area contributed by atoms with E-state index in [9.17, 15) is 14.4 Å². The van der Waals surface area contributed by atoms with Crippen molar-refractivity contribution in [1.29, 1.82) is 0 Å².